The zero-order valence-electron chi connectivity index (χ0n) is 11.6. The highest BCUT2D eigenvalue weighted by Crippen LogP contribution is 2.37. The Bertz CT molecular complexity index is 736. The van der Waals surface area contributed by atoms with Crippen LogP contribution in [0.5, 0.6) is 11.5 Å². The third kappa shape index (κ3) is 4.16. The van der Waals surface area contributed by atoms with E-state index in [9.17, 15) is 4.79 Å². The number of aromatic nitrogens is 1. The minimum absolute atomic E-state index is 0.244. The van der Waals surface area contributed by atoms with Crippen LogP contribution in [0.15, 0.2) is 33.6 Å². The summed E-state index contributed by atoms with van der Waals surface area (Å²) in [6.45, 7) is 2.20. The predicted octanol–water partition coefficient (Wildman–Crippen LogP) is 3.79. The van der Waals surface area contributed by atoms with Crippen LogP contribution in [0.4, 0.5) is 0 Å². The molecule has 0 aliphatic heterocycles. The molecule has 0 fully saturated rings. The number of esters is 1. The van der Waals surface area contributed by atoms with Gasteiger partial charge in [-0.2, -0.15) is 5.26 Å². The first-order valence-corrected chi connectivity index (χ1v) is 8.02. The highest BCUT2D eigenvalue weighted by atomic mass is 79.9. The molecule has 1 aromatic heterocycles. The number of hydrogen-bond donors (Lipinski definition) is 0. The van der Waals surface area contributed by atoms with Gasteiger partial charge in [-0.05, 0) is 35.0 Å². The second-order valence-corrected chi connectivity index (χ2v) is 5.57. The molecule has 0 spiro atoms. The van der Waals surface area contributed by atoms with E-state index in [0.717, 1.165) is 0 Å². The lowest BCUT2D eigenvalue weighted by atomic mass is 10.2. The van der Waals surface area contributed by atoms with Crippen molar-refractivity contribution in [3.63, 3.8) is 0 Å². The molecule has 0 atom stereocenters. The Kier molecular flexibility index (Phi) is 5.69. The number of halogens is 1. The first-order chi connectivity index (χ1) is 10.6. The number of carbonyl (C=O) groups excluding carboxylic acids is 1. The molecule has 2 aromatic rings. The fraction of sp³-hybridized carbons (Fsp3) is 0.133. The van der Waals surface area contributed by atoms with Crippen LogP contribution in [-0.2, 0) is 4.79 Å². The van der Waals surface area contributed by atoms with Gasteiger partial charge in [0.05, 0.1) is 33.9 Å². The highest BCUT2D eigenvalue weighted by molar-refractivity contribution is 9.10. The fourth-order valence-corrected chi connectivity index (χ4v) is 2.63. The summed E-state index contributed by atoms with van der Waals surface area (Å²) in [6.07, 6.45) is 2.85. The van der Waals surface area contributed by atoms with Gasteiger partial charge in [-0.15, -0.1) is 11.3 Å². The lowest BCUT2D eigenvalue weighted by molar-refractivity contribution is -0.129. The topological polar surface area (TPSA) is 72.2 Å². The zero-order valence-corrected chi connectivity index (χ0v) is 14.0. The first-order valence-electron chi connectivity index (χ1n) is 6.28. The molecule has 1 aromatic carbocycles. The summed E-state index contributed by atoms with van der Waals surface area (Å²) in [5, 5.41) is 10.8. The van der Waals surface area contributed by atoms with Crippen molar-refractivity contribution in [2.45, 2.75) is 6.92 Å². The van der Waals surface area contributed by atoms with E-state index in [1.165, 1.54) is 23.5 Å². The summed E-state index contributed by atoms with van der Waals surface area (Å²) in [5.74, 6) is 0.0250. The average molecular weight is 379 g/mol. The lowest BCUT2D eigenvalue weighted by Crippen LogP contribution is -2.07. The van der Waals surface area contributed by atoms with Crippen molar-refractivity contribution in [1.29, 1.82) is 5.26 Å². The number of hydrogen-bond acceptors (Lipinski definition) is 6. The third-order valence-corrected chi connectivity index (χ3v) is 3.68. The quantitative estimate of drug-likeness (QED) is 0.449. The Morgan fingerprint density at radius 2 is 2.36 bits per heavy atom. The van der Waals surface area contributed by atoms with Crippen LogP contribution >= 0.6 is 27.3 Å². The van der Waals surface area contributed by atoms with Crippen molar-refractivity contribution in [3.8, 4) is 17.6 Å². The van der Waals surface area contributed by atoms with E-state index in [-0.39, 0.29) is 5.75 Å². The Morgan fingerprint density at radius 1 is 1.55 bits per heavy atom. The van der Waals surface area contributed by atoms with Gasteiger partial charge in [0, 0.05) is 17.5 Å². The van der Waals surface area contributed by atoms with Crippen LogP contribution in [-0.4, -0.2) is 17.6 Å². The largest absolute Gasteiger partial charge is 0.490 e. The standard InChI is InChI=1S/C15H11BrN2O3S/c1-2-20-13-6-10(7-17)5-12(16)15(13)21-14(19)4-3-11-8-22-9-18-11/h3-6,8-9H,2H2,1H3/b4-3+. The van der Waals surface area contributed by atoms with Crippen LogP contribution < -0.4 is 9.47 Å². The van der Waals surface area contributed by atoms with E-state index >= 15 is 0 Å². The minimum atomic E-state index is -0.556. The molecule has 0 amide bonds. The molecular weight excluding hydrogens is 368 g/mol. The second kappa shape index (κ2) is 7.73. The van der Waals surface area contributed by atoms with Crippen molar-refractivity contribution in [3.05, 3.63) is 44.8 Å². The van der Waals surface area contributed by atoms with Gasteiger partial charge in [-0.1, -0.05) is 0 Å². The van der Waals surface area contributed by atoms with Crippen LogP contribution in [0.1, 0.15) is 18.2 Å². The van der Waals surface area contributed by atoms with Crippen molar-refractivity contribution < 1.29 is 14.3 Å². The second-order valence-electron chi connectivity index (χ2n) is 4.00. The Balaban J connectivity index is 2.21. The molecular formula is C15H11BrN2O3S. The number of ether oxygens (including phenoxy) is 2. The first kappa shape index (κ1) is 16.2. The van der Waals surface area contributed by atoms with Crippen LogP contribution in [0.3, 0.4) is 0 Å². The molecule has 0 radical (unpaired) electrons. The van der Waals surface area contributed by atoms with E-state index in [1.54, 1.807) is 24.6 Å². The molecule has 0 aliphatic carbocycles. The molecule has 1 heterocycles. The van der Waals surface area contributed by atoms with Gasteiger partial charge in [0.15, 0.2) is 11.5 Å². The SMILES string of the molecule is CCOc1cc(C#N)cc(Br)c1OC(=O)/C=C/c1cscn1. The predicted molar refractivity (Wildman–Crippen MR) is 86.8 cm³/mol. The number of nitrogens with zero attached hydrogens (tertiary/aromatic N) is 2. The van der Waals surface area contributed by atoms with Gasteiger partial charge < -0.3 is 9.47 Å². The van der Waals surface area contributed by atoms with Crippen LogP contribution in [0, 0.1) is 11.3 Å². The van der Waals surface area contributed by atoms with Gasteiger partial charge in [0.1, 0.15) is 0 Å². The van der Waals surface area contributed by atoms with E-state index in [2.05, 4.69) is 20.9 Å². The van der Waals surface area contributed by atoms with Crippen molar-refractivity contribution in [2.24, 2.45) is 0 Å². The van der Waals surface area contributed by atoms with Gasteiger partial charge >= 0.3 is 5.97 Å². The van der Waals surface area contributed by atoms with Gasteiger partial charge in [0.25, 0.3) is 0 Å². The smallest absolute Gasteiger partial charge is 0.336 e. The highest BCUT2D eigenvalue weighted by Gasteiger charge is 2.15. The number of nitriles is 1. The maximum absolute atomic E-state index is 11.9. The molecule has 5 nitrogen and oxygen atoms in total. The Morgan fingerprint density at radius 3 is 3.00 bits per heavy atom. The molecule has 2 rings (SSSR count). The van der Waals surface area contributed by atoms with Gasteiger partial charge in [0.2, 0.25) is 0 Å². The maximum Gasteiger partial charge on any atom is 0.336 e. The summed E-state index contributed by atoms with van der Waals surface area (Å²) >= 11 is 4.72. The molecule has 112 valence electrons. The molecule has 0 N–H and O–H groups in total. The molecule has 22 heavy (non-hydrogen) atoms. The lowest BCUT2D eigenvalue weighted by Gasteiger charge is -2.11. The van der Waals surface area contributed by atoms with Crippen molar-refractivity contribution in [2.75, 3.05) is 6.61 Å². The zero-order chi connectivity index (χ0) is 15.9. The van der Waals surface area contributed by atoms with E-state index in [0.29, 0.717) is 28.1 Å². The fourth-order valence-electron chi connectivity index (χ4n) is 1.59. The average Bonchev–Trinajstić information content (AvgIpc) is 3.02. The summed E-state index contributed by atoms with van der Waals surface area (Å²) in [4.78, 5) is 15.9. The molecule has 0 saturated heterocycles. The summed E-state index contributed by atoms with van der Waals surface area (Å²) in [7, 11) is 0. The van der Waals surface area contributed by atoms with Gasteiger partial charge in [-0.25, -0.2) is 9.78 Å². The van der Waals surface area contributed by atoms with Gasteiger partial charge in [-0.3, -0.25) is 0 Å². The number of rotatable bonds is 5. The van der Waals surface area contributed by atoms with Crippen molar-refractivity contribution >= 4 is 39.3 Å². The Labute approximate surface area is 139 Å². The summed E-state index contributed by atoms with van der Waals surface area (Å²) in [5.41, 5.74) is 2.77. The van der Waals surface area contributed by atoms with E-state index < -0.39 is 5.97 Å². The third-order valence-electron chi connectivity index (χ3n) is 2.48. The number of thiazole rings is 1. The summed E-state index contributed by atoms with van der Waals surface area (Å²) in [6, 6.07) is 5.11. The number of carbonyl (C=O) groups is 1. The van der Waals surface area contributed by atoms with Crippen molar-refractivity contribution in [1.82, 2.24) is 4.98 Å². The molecule has 0 bridgehead atoms. The molecule has 0 aliphatic rings. The molecule has 7 heteroatoms. The van der Waals surface area contributed by atoms with Crippen LogP contribution in [0.25, 0.3) is 6.08 Å². The molecule has 0 unspecified atom stereocenters. The minimum Gasteiger partial charge on any atom is -0.490 e. The maximum atomic E-state index is 11.9. The number of benzene rings is 1. The molecule has 0 saturated carbocycles. The summed E-state index contributed by atoms with van der Waals surface area (Å²) < 4.78 is 11.2. The van der Waals surface area contributed by atoms with Crippen LogP contribution in [0.2, 0.25) is 0 Å². The Hall–Kier alpha value is -2.17. The monoisotopic (exact) mass is 378 g/mol. The normalized spacial score (nSPS) is 10.4. The van der Waals surface area contributed by atoms with E-state index in [1.807, 2.05) is 11.4 Å². The van der Waals surface area contributed by atoms with E-state index in [4.69, 9.17) is 14.7 Å².